The Hall–Kier alpha value is -3.06. The minimum atomic E-state index is -1.66. The molecule has 1 fully saturated rings. The Morgan fingerprint density at radius 2 is 1.97 bits per heavy atom. The molecule has 2 aromatic rings. The van der Waals surface area contributed by atoms with E-state index in [1.54, 1.807) is 6.07 Å². The van der Waals surface area contributed by atoms with Crippen LogP contribution in [0.5, 0.6) is 0 Å². The van der Waals surface area contributed by atoms with Gasteiger partial charge in [-0.15, -0.1) is 0 Å². The Morgan fingerprint density at radius 3 is 2.54 bits per heavy atom. The second kappa shape index (κ2) is 11.1. The summed E-state index contributed by atoms with van der Waals surface area (Å²) in [6, 6.07) is 9.73. The van der Waals surface area contributed by atoms with Crippen LogP contribution in [0.2, 0.25) is 5.02 Å². The van der Waals surface area contributed by atoms with Gasteiger partial charge in [0.25, 0.3) is 0 Å². The van der Waals surface area contributed by atoms with Gasteiger partial charge in [0, 0.05) is 22.5 Å². The normalized spacial score (nSPS) is 24.3. The molecule has 0 bridgehead atoms. The van der Waals surface area contributed by atoms with Gasteiger partial charge in [-0.1, -0.05) is 50.6 Å². The van der Waals surface area contributed by atoms with E-state index in [1.807, 2.05) is 20.8 Å². The van der Waals surface area contributed by atoms with Crippen LogP contribution in [0.15, 0.2) is 42.5 Å². The summed E-state index contributed by atoms with van der Waals surface area (Å²) in [7, 11) is 0. The maximum absolute atomic E-state index is 15.5. The van der Waals surface area contributed by atoms with Crippen LogP contribution < -0.4 is 11.1 Å². The van der Waals surface area contributed by atoms with Crippen molar-refractivity contribution in [3.8, 4) is 6.07 Å². The molecule has 4 N–H and O–H groups in total. The molecular formula is C27H30ClF2N3O4. The van der Waals surface area contributed by atoms with Gasteiger partial charge in [-0.2, -0.15) is 5.26 Å². The highest BCUT2D eigenvalue weighted by Crippen LogP contribution is 2.52. The average molecular weight is 534 g/mol. The molecule has 37 heavy (non-hydrogen) atoms. The van der Waals surface area contributed by atoms with Crippen molar-refractivity contribution in [1.82, 2.24) is 5.32 Å². The lowest BCUT2D eigenvalue weighted by Gasteiger charge is -2.37. The summed E-state index contributed by atoms with van der Waals surface area (Å²) in [4.78, 5) is 24.4. The van der Waals surface area contributed by atoms with Gasteiger partial charge >= 0.3 is 5.97 Å². The van der Waals surface area contributed by atoms with E-state index in [9.17, 15) is 24.3 Å². The second-order valence-electron chi connectivity index (χ2n) is 10.6. The summed E-state index contributed by atoms with van der Waals surface area (Å²) in [5.74, 6) is -4.02. The number of rotatable bonds is 8. The first-order valence-corrected chi connectivity index (χ1v) is 12.2. The smallest absolute Gasteiger partial charge is 0.323 e. The van der Waals surface area contributed by atoms with E-state index in [2.05, 4.69) is 11.4 Å². The molecule has 0 unspecified atom stereocenters. The van der Waals surface area contributed by atoms with Gasteiger partial charge in [-0.3, -0.25) is 14.9 Å². The number of nitriles is 1. The number of benzene rings is 2. The lowest BCUT2D eigenvalue weighted by atomic mass is 9.63. The van der Waals surface area contributed by atoms with Crippen LogP contribution in [-0.2, 0) is 19.7 Å². The molecule has 0 saturated carbocycles. The number of aliphatic hydroxyl groups is 1. The number of nitrogens with one attached hydrogen (secondary N) is 1. The maximum Gasteiger partial charge on any atom is 0.323 e. The summed E-state index contributed by atoms with van der Waals surface area (Å²) in [6.07, 6.45) is -1.39. The van der Waals surface area contributed by atoms with Crippen LogP contribution in [0.25, 0.3) is 0 Å². The van der Waals surface area contributed by atoms with Crippen LogP contribution >= 0.6 is 11.6 Å². The summed E-state index contributed by atoms with van der Waals surface area (Å²) in [6.45, 7) is 5.31. The molecule has 0 aromatic heterocycles. The van der Waals surface area contributed by atoms with Gasteiger partial charge in [-0.25, -0.2) is 8.78 Å². The number of nitrogens with two attached hydrogens (primary N) is 1. The number of primary amides is 1. The molecule has 0 spiro atoms. The summed E-state index contributed by atoms with van der Waals surface area (Å²) in [5, 5.41) is 24.0. The molecule has 198 valence electrons. The largest absolute Gasteiger partial charge is 0.462 e. The Balaban J connectivity index is 2.18. The Bertz CT molecular complexity index is 1210. The molecule has 1 saturated heterocycles. The van der Waals surface area contributed by atoms with Crippen molar-refractivity contribution in [2.75, 3.05) is 6.61 Å². The summed E-state index contributed by atoms with van der Waals surface area (Å²) < 4.78 is 35.2. The number of carbonyl (C=O) groups excluding carboxylic acids is 2. The monoisotopic (exact) mass is 533 g/mol. The quantitative estimate of drug-likeness (QED) is 0.444. The number of hydrogen-bond donors (Lipinski definition) is 3. The van der Waals surface area contributed by atoms with Gasteiger partial charge in [0.15, 0.2) is 0 Å². The van der Waals surface area contributed by atoms with E-state index < -0.39 is 66.1 Å². The predicted octanol–water partition coefficient (Wildman–Crippen LogP) is 3.72. The van der Waals surface area contributed by atoms with Gasteiger partial charge in [0.1, 0.15) is 29.7 Å². The Morgan fingerprint density at radius 1 is 1.27 bits per heavy atom. The molecule has 0 aliphatic carbocycles. The van der Waals surface area contributed by atoms with Crippen LogP contribution in [0.4, 0.5) is 8.78 Å². The molecule has 10 heteroatoms. The number of aliphatic hydroxyl groups excluding tert-OH is 1. The fourth-order valence-electron chi connectivity index (χ4n) is 5.06. The zero-order chi connectivity index (χ0) is 27.5. The average Bonchev–Trinajstić information content (AvgIpc) is 3.10. The molecule has 2 aromatic carbocycles. The third-order valence-corrected chi connectivity index (χ3v) is 6.68. The van der Waals surface area contributed by atoms with Gasteiger partial charge in [0.05, 0.1) is 18.6 Å². The lowest BCUT2D eigenvalue weighted by molar-refractivity contribution is -0.150. The molecule has 0 radical (unpaired) electrons. The number of halogens is 3. The second-order valence-corrected chi connectivity index (χ2v) is 11.0. The number of amides is 1. The third-order valence-electron chi connectivity index (χ3n) is 6.45. The zero-order valence-electron chi connectivity index (χ0n) is 20.8. The minimum Gasteiger partial charge on any atom is -0.462 e. The van der Waals surface area contributed by atoms with Gasteiger partial charge in [0.2, 0.25) is 5.91 Å². The first kappa shape index (κ1) is 28.5. The van der Waals surface area contributed by atoms with Gasteiger partial charge in [-0.05, 0) is 41.7 Å². The van der Waals surface area contributed by atoms with Crippen molar-refractivity contribution in [2.24, 2.45) is 11.1 Å². The number of esters is 1. The summed E-state index contributed by atoms with van der Waals surface area (Å²) in [5.41, 5.74) is 3.37. The van der Waals surface area contributed by atoms with Crippen LogP contribution in [0, 0.1) is 28.4 Å². The standard InChI is InChI=1S/C27H30ClF2N3O4/c1-26(2,3)12-21-27(14-31,19-8-7-16(28)10-20(19)30)23(15-5-4-6-17(29)9-15)24(33-21)25(36)37-13-18(34)11-22(32)35/h4-10,18,21,23-24,33-34H,11-13H2,1-3H3,(H2,32,35)/t18-,21-,23-,24+,27-/m0/s1. The molecule has 1 aliphatic rings. The van der Waals surface area contributed by atoms with E-state index in [4.69, 9.17) is 22.1 Å². The van der Waals surface area contributed by atoms with Crippen molar-refractivity contribution in [2.45, 2.75) is 63.1 Å². The predicted molar refractivity (Wildman–Crippen MR) is 133 cm³/mol. The number of nitrogens with zero attached hydrogens (tertiary/aromatic N) is 1. The molecule has 5 atom stereocenters. The Labute approximate surface area is 219 Å². The topological polar surface area (TPSA) is 125 Å². The van der Waals surface area contributed by atoms with Crippen LogP contribution in [0.1, 0.15) is 50.7 Å². The third kappa shape index (κ3) is 6.27. The highest BCUT2D eigenvalue weighted by molar-refractivity contribution is 6.30. The van der Waals surface area contributed by atoms with E-state index >= 15 is 4.39 Å². The molecular weight excluding hydrogens is 504 g/mol. The zero-order valence-corrected chi connectivity index (χ0v) is 21.6. The number of ether oxygens (including phenoxy) is 1. The van der Waals surface area contributed by atoms with E-state index in [-0.39, 0.29) is 16.0 Å². The highest BCUT2D eigenvalue weighted by Gasteiger charge is 2.61. The highest BCUT2D eigenvalue weighted by atomic mass is 35.5. The van der Waals surface area contributed by atoms with E-state index in [0.29, 0.717) is 12.0 Å². The first-order chi connectivity index (χ1) is 17.3. The molecule has 3 rings (SSSR count). The number of hydrogen-bond acceptors (Lipinski definition) is 6. The fraction of sp³-hybridized carbons (Fsp3) is 0.444. The van der Waals surface area contributed by atoms with Gasteiger partial charge < -0.3 is 15.6 Å². The maximum atomic E-state index is 15.5. The van der Waals surface area contributed by atoms with Crippen LogP contribution in [0.3, 0.4) is 0 Å². The molecule has 7 nitrogen and oxygen atoms in total. The fourth-order valence-corrected chi connectivity index (χ4v) is 5.22. The molecule has 1 heterocycles. The number of carbonyl (C=O) groups is 2. The SMILES string of the molecule is CC(C)(C)C[C@@H]1N[C@@H](C(=O)OC[C@@H](O)CC(N)=O)[C@H](c2cccc(F)c2)[C@@]1(C#N)c1ccc(Cl)cc1F. The van der Waals surface area contributed by atoms with E-state index in [0.717, 1.165) is 6.07 Å². The molecule has 1 amide bonds. The molecule has 1 aliphatic heterocycles. The van der Waals surface area contributed by atoms with Crippen LogP contribution in [-0.4, -0.2) is 41.8 Å². The van der Waals surface area contributed by atoms with Crippen molar-refractivity contribution in [3.63, 3.8) is 0 Å². The first-order valence-electron chi connectivity index (χ1n) is 11.8. The van der Waals surface area contributed by atoms with Crippen molar-refractivity contribution in [3.05, 3.63) is 70.2 Å². The van der Waals surface area contributed by atoms with Crippen molar-refractivity contribution < 1.29 is 28.2 Å². The summed E-state index contributed by atoms with van der Waals surface area (Å²) >= 11 is 6.00. The Kier molecular flexibility index (Phi) is 8.58. The minimum absolute atomic E-state index is 0.0134. The van der Waals surface area contributed by atoms with Crippen molar-refractivity contribution in [1.29, 1.82) is 5.26 Å². The lowest BCUT2D eigenvalue weighted by Crippen LogP contribution is -2.44. The van der Waals surface area contributed by atoms with E-state index in [1.165, 1.54) is 30.3 Å². The van der Waals surface area contributed by atoms with Crippen molar-refractivity contribution >= 4 is 23.5 Å².